The van der Waals surface area contributed by atoms with Crippen molar-refractivity contribution >= 4 is 17.2 Å². The second kappa shape index (κ2) is 6.85. The van der Waals surface area contributed by atoms with E-state index in [9.17, 15) is 4.79 Å². The molecule has 1 amide bonds. The van der Waals surface area contributed by atoms with E-state index < -0.39 is 0 Å². The highest BCUT2D eigenvalue weighted by Gasteiger charge is 2.11. The number of aryl methyl sites for hydroxylation is 1. The summed E-state index contributed by atoms with van der Waals surface area (Å²) in [5, 5.41) is 11.5. The third kappa shape index (κ3) is 3.67. The molecule has 0 saturated heterocycles. The van der Waals surface area contributed by atoms with Crippen molar-refractivity contribution in [2.24, 2.45) is 0 Å². The number of amides is 1. The fraction of sp³-hybridized carbons (Fsp3) is 0.200. The lowest BCUT2D eigenvalue weighted by atomic mass is 10.2. The standard InChI is InChI=1S/C15H14N2O2S/c1-11-6-7-13(20-11)10-17-15(19)14-12(5-3-9-18)4-2-8-16-14/h2,4,6-8,18H,9-10H2,1H3,(H,17,19). The van der Waals surface area contributed by atoms with Crippen LogP contribution in [0, 0.1) is 18.8 Å². The minimum absolute atomic E-state index is 0.246. The molecule has 0 spiro atoms. The van der Waals surface area contributed by atoms with Crippen molar-refractivity contribution in [3.63, 3.8) is 0 Å². The Morgan fingerprint density at radius 2 is 2.30 bits per heavy atom. The van der Waals surface area contributed by atoms with Gasteiger partial charge in [0.15, 0.2) is 0 Å². The molecule has 5 heteroatoms. The summed E-state index contributed by atoms with van der Waals surface area (Å²) in [6.45, 7) is 2.25. The Kier molecular flexibility index (Phi) is 4.88. The van der Waals surface area contributed by atoms with Crippen LogP contribution in [0.5, 0.6) is 0 Å². The molecule has 0 saturated carbocycles. The Hall–Kier alpha value is -2.16. The first-order valence-corrected chi connectivity index (χ1v) is 6.90. The van der Waals surface area contributed by atoms with E-state index >= 15 is 0 Å². The summed E-state index contributed by atoms with van der Waals surface area (Å²) in [5.74, 6) is 4.99. The van der Waals surface area contributed by atoms with Crippen molar-refractivity contribution < 1.29 is 9.90 Å². The molecule has 4 nitrogen and oxygen atoms in total. The number of pyridine rings is 1. The number of nitrogens with zero attached hydrogens (tertiary/aromatic N) is 1. The fourth-order valence-corrected chi connectivity index (χ4v) is 2.48. The van der Waals surface area contributed by atoms with Gasteiger partial charge in [0.1, 0.15) is 12.3 Å². The van der Waals surface area contributed by atoms with E-state index in [-0.39, 0.29) is 18.2 Å². The van der Waals surface area contributed by atoms with Gasteiger partial charge in [-0.15, -0.1) is 11.3 Å². The van der Waals surface area contributed by atoms with E-state index in [1.807, 2.05) is 19.1 Å². The zero-order chi connectivity index (χ0) is 14.4. The van der Waals surface area contributed by atoms with E-state index in [2.05, 4.69) is 22.1 Å². The highest BCUT2D eigenvalue weighted by Crippen LogP contribution is 2.14. The van der Waals surface area contributed by atoms with Crippen LogP contribution in [0.4, 0.5) is 0 Å². The Labute approximate surface area is 121 Å². The van der Waals surface area contributed by atoms with Crippen molar-refractivity contribution in [1.29, 1.82) is 0 Å². The Morgan fingerprint density at radius 3 is 3.00 bits per heavy atom. The van der Waals surface area contributed by atoms with Gasteiger partial charge in [-0.05, 0) is 31.2 Å². The summed E-state index contributed by atoms with van der Waals surface area (Å²) >= 11 is 1.65. The first kappa shape index (κ1) is 14.3. The lowest BCUT2D eigenvalue weighted by molar-refractivity contribution is 0.0946. The number of aliphatic hydroxyl groups is 1. The summed E-state index contributed by atoms with van der Waals surface area (Å²) in [7, 11) is 0. The molecule has 102 valence electrons. The van der Waals surface area contributed by atoms with Gasteiger partial charge in [-0.25, -0.2) is 4.98 Å². The highest BCUT2D eigenvalue weighted by atomic mass is 32.1. The quantitative estimate of drug-likeness (QED) is 0.845. The van der Waals surface area contributed by atoms with Crippen LogP contribution in [-0.2, 0) is 6.54 Å². The SMILES string of the molecule is Cc1ccc(CNC(=O)c2ncccc2C#CCO)s1. The molecule has 2 N–H and O–H groups in total. The summed E-state index contributed by atoms with van der Waals surface area (Å²) in [4.78, 5) is 18.5. The van der Waals surface area contributed by atoms with Crippen LogP contribution in [0.1, 0.15) is 25.8 Å². The number of aliphatic hydroxyl groups excluding tert-OH is 1. The number of hydrogen-bond donors (Lipinski definition) is 2. The fourth-order valence-electron chi connectivity index (χ4n) is 1.65. The van der Waals surface area contributed by atoms with Crippen molar-refractivity contribution in [2.75, 3.05) is 6.61 Å². The second-order valence-corrected chi connectivity index (χ2v) is 5.43. The molecule has 0 aliphatic carbocycles. The maximum Gasteiger partial charge on any atom is 0.271 e. The monoisotopic (exact) mass is 286 g/mol. The van der Waals surface area contributed by atoms with Crippen LogP contribution in [0.25, 0.3) is 0 Å². The molecule has 0 unspecified atom stereocenters. The number of nitrogens with one attached hydrogen (secondary N) is 1. The Morgan fingerprint density at radius 1 is 1.45 bits per heavy atom. The first-order chi connectivity index (χ1) is 9.70. The number of aromatic nitrogens is 1. The molecule has 2 rings (SSSR count). The Balaban J connectivity index is 2.09. The van der Waals surface area contributed by atoms with Crippen molar-refractivity contribution in [1.82, 2.24) is 10.3 Å². The molecule has 0 aromatic carbocycles. The third-order valence-corrected chi connectivity index (χ3v) is 3.54. The van der Waals surface area contributed by atoms with E-state index in [1.54, 1.807) is 29.7 Å². The molecule has 2 heterocycles. The van der Waals surface area contributed by atoms with Crippen LogP contribution < -0.4 is 5.32 Å². The molecular formula is C15H14N2O2S. The predicted molar refractivity (Wildman–Crippen MR) is 78.4 cm³/mol. The third-order valence-electron chi connectivity index (χ3n) is 2.54. The van der Waals surface area contributed by atoms with Crippen LogP contribution >= 0.6 is 11.3 Å². The molecule has 0 atom stereocenters. The van der Waals surface area contributed by atoms with E-state index in [1.165, 1.54) is 4.88 Å². The van der Waals surface area contributed by atoms with Crippen LogP contribution in [0.3, 0.4) is 0 Å². The normalized spacial score (nSPS) is 9.70. The second-order valence-electron chi connectivity index (χ2n) is 4.05. The van der Waals surface area contributed by atoms with Crippen LogP contribution in [0.2, 0.25) is 0 Å². The number of thiophene rings is 1. The van der Waals surface area contributed by atoms with Gasteiger partial charge >= 0.3 is 0 Å². The number of rotatable bonds is 3. The molecule has 2 aromatic heterocycles. The van der Waals surface area contributed by atoms with Crippen molar-refractivity contribution in [3.05, 3.63) is 51.5 Å². The average Bonchev–Trinajstić information content (AvgIpc) is 2.88. The predicted octanol–water partition coefficient (Wildman–Crippen LogP) is 1.73. The van der Waals surface area contributed by atoms with Gasteiger partial charge in [0.05, 0.1) is 12.1 Å². The molecule has 2 aromatic rings. The zero-order valence-electron chi connectivity index (χ0n) is 11.0. The largest absolute Gasteiger partial charge is 0.384 e. The van der Waals surface area contributed by atoms with Gasteiger partial charge < -0.3 is 10.4 Å². The molecular weight excluding hydrogens is 272 g/mol. The summed E-state index contributed by atoms with van der Waals surface area (Å²) < 4.78 is 0. The molecule has 0 radical (unpaired) electrons. The topological polar surface area (TPSA) is 62.2 Å². The molecule has 20 heavy (non-hydrogen) atoms. The number of carbonyl (C=O) groups is 1. The van der Waals surface area contributed by atoms with Gasteiger partial charge in [-0.3, -0.25) is 4.79 Å². The van der Waals surface area contributed by atoms with Crippen molar-refractivity contribution in [3.8, 4) is 11.8 Å². The smallest absolute Gasteiger partial charge is 0.271 e. The maximum atomic E-state index is 12.1. The molecule has 0 aliphatic heterocycles. The number of carbonyl (C=O) groups excluding carboxylic acids is 1. The summed E-state index contributed by atoms with van der Waals surface area (Å²) in [6, 6.07) is 7.43. The molecule has 0 bridgehead atoms. The van der Waals surface area contributed by atoms with Crippen LogP contribution in [-0.4, -0.2) is 22.6 Å². The lowest BCUT2D eigenvalue weighted by Crippen LogP contribution is -2.24. The van der Waals surface area contributed by atoms with Crippen LogP contribution in [0.15, 0.2) is 30.5 Å². The molecule has 0 aliphatic rings. The van der Waals surface area contributed by atoms with Gasteiger partial charge in [0.25, 0.3) is 5.91 Å². The van der Waals surface area contributed by atoms with E-state index in [4.69, 9.17) is 5.11 Å². The van der Waals surface area contributed by atoms with E-state index in [0.717, 1.165) is 4.88 Å². The lowest BCUT2D eigenvalue weighted by Gasteiger charge is -2.04. The first-order valence-electron chi connectivity index (χ1n) is 6.09. The molecule has 0 fully saturated rings. The number of hydrogen-bond acceptors (Lipinski definition) is 4. The summed E-state index contributed by atoms with van der Waals surface area (Å²) in [6.07, 6.45) is 1.55. The van der Waals surface area contributed by atoms with Gasteiger partial charge in [0.2, 0.25) is 0 Å². The van der Waals surface area contributed by atoms with Gasteiger partial charge in [0, 0.05) is 16.0 Å². The highest BCUT2D eigenvalue weighted by molar-refractivity contribution is 7.11. The van der Waals surface area contributed by atoms with Gasteiger partial charge in [-0.2, -0.15) is 0 Å². The minimum Gasteiger partial charge on any atom is -0.384 e. The van der Waals surface area contributed by atoms with Gasteiger partial charge in [-0.1, -0.05) is 11.8 Å². The summed E-state index contributed by atoms with van der Waals surface area (Å²) in [5.41, 5.74) is 0.795. The van der Waals surface area contributed by atoms with E-state index in [0.29, 0.717) is 12.1 Å². The van der Waals surface area contributed by atoms with Crippen molar-refractivity contribution in [2.45, 2.75) is 13.5 Å². The maximum absolute atomic E-state index is 12.1. The minimum atomic E-state index is -0.265. The average molecular weight is 286 g/mol. The Bertz CT molecular complexity index is 668. The zero-order valence-corrected chi connectivity index (χ0v) is 11.8.